The summed E-state index contributed by atoms with van der Waals surface area (Å²) in [6.45, 7) is 7.14. The van der Waals surface area contributed by atoms with E-state index in [4.69, 9.17) is 5.73 Å². The molecule has 1 aromatic carbocycles. The molecule has 0 radical (unpaired) electrons. The first-order valence-electron chi connectivity index (χ1n) is 7.08. The van der Waals surface area contributed by atoms with Crippen molar-refractivity contribution in [3.05, 3.63) is 29.3 Å². The fourth-order valence-corrected chi connectivity index (χ4v) is 4.28. The third kappa shape index (κ3) is 2.55. The molecule has 1 aliphatic rings. The van der Waals surface area contributed by atoms with E-state index in [2.05, 4.69) is 0 Å². The van der Waals surface area contributed by atoms with Crippen LogP contribution in [0.25, 0.3) is 0 Å². The van der Waals surface area contributed by atoms with Gasteiger partial charge in [-0.2, -0.15) is 12.7 Å². The van der Waals surface area contributed by atoms with Crippen molar-refractivity contribution in [1.29, 1.82) is 0 Å². The summed E-state index contributed by atoms with van der Waals surface area (Å²) in [6.07, 6.45) is 0.746. The number of rotatable bonds is 5. The number of hydrogen-bond acceptors (Lipinski definition) is 3. The Morgan fingerprint density at radius 3 is 2.55 bits per heavy atom. The molecule has 5 nitrogen and oxygen atoms in total. The lowest BCUT2D eigenvalue weighted by Crippen LogP contribution is -2.43. The number of nitrogens with zero attached hydrogens (tertiary/aromatic N) is 2. The second-order valence-corrected chi connectivity index (χ2v) is 6.94. The van der Waals surface area contributed by atoms with Crippen LogP contribution in [-0.2, 0) is 16.6 Å². The SMILES string of the molecule is CCN(CC)S(=O)(=O)N1CCc2cc(C(C)N)ccc21. The van der Waals surface area contributed by atoms with Crippen LogP contribution in [0.3, 0.4) is 0 Å². The molecule has 20 heavy (non-hydrogen) atoms. The van der Waals surface area contributed by atoms with Crippen molar-refractivity contribution < 1.29 is 8.42 Å². The summed E-state index contributed by atoms with van der Waals surface area (Å²) in [4.78, 5) is 0. The molecule has 1 unspecified atom stereocenters. The normalized spacial score (nSPS) is 16.6. The van der Waals surface area contributed by atoms with E-state index in [9.17, 15) is 8.42 Å². The lowest BCUT2D eigenvalue weighted by Gasteiger charge is -2.27. The van der Waals surface area contributed by atoms with E-state index < -0.39 is 10.2 Å². The maximum Gasteiger partial charge on any atom is 0.304 e. The predicted octanol–water partition coefficient (Wildman–Crippen LogP) is 1.66. The van der Waals surface area contributed by atoms with Gasteiger partial charge in [0.1, 0.15) is 0 Å². The molecule has 0 amide bonds. The minimum atomic E-state index is -3.41. The molecule has 1 aliphatic heterocycles. The Balaban J connectivity index is 2.37. The minimum absolute atomic E-state index is 0.0336. The average Bonchev–Trinajstić information content (AvgIpc) is 2.83. The van der Waals surface area contributed by atoms with Gasteiger partial charge in [-0.05, 0) is 30.5 Å². The van der Waals surface area contributed by atoms with Gasteiger partial charge in [-0.3, -0.25) is 4.31 Å². The van der Waals surface area contributed by atoms with Gasteiger partial charge in [0.05, 0.1) is 5.69 Å². The van der Waals surface area contributed by atoms with Crippen molar-refractivity contribution >= 4 is 15.9 Å². The summed E-state index contributed by atoms with van der Waals surface area (Å²) in [7, 11) is -3.41. The van der Waals surface area contributed by atoms with Crippen molar-refractivity contribution in [1.82, 2.24) is 4.31 Å². The van der Waals surface area contributed by atoms with Crippen LogP contribution in [0, 0.1) is 0 Å². The predicted molar refractivity (Wildman–Crippen MR) is 81.9 cm³/mol. The van der Waals surface area contributed by atoms with Gasteiger partial charge in [-0.1, -0.05) is 26.0 Å². The number of benzene rings is 1. The van der Waals surface area contributed by atoms with Gasteiger partial charge in [0.25, 0.3) is 0 Å². The molecule has 0 saturated heterocycles. The molecule has 2 N–H and O–H groups in total. The van der Waals surface area contributed by atoms with Crippen molar-refractivity contribution in [2.45, 2.75) is 33.2 Å². The Bertz CT molecular complexity index is 580. The van der Waals surface area contributed by atoms with E-state index in [-0.39, 0.29) is 6.04 Å². The van der Waals surface area contributed by atoms with Crippen LogP contribution in [0.4, 0.5) is 5.69 Å². The molecule has 0 bridgehead atoms. The second-order valence-electron chi connectivity index (χ2n) is 5.09. The zero-order valence-corrected chi connectivity index (χ0v) is 13.2. The van der Waals surface area contributed by atoms with Gasteiger partial charge in [0.2, 0.25) is 0 Å². The zero-order chi connectivity index (χ0) is 14.9. The minimum Gasteiger partial charge on any atom is -0.324 e. The van der Waals surface area contributed by atoms with E-state index in [1.54, 1.807) is 0 Å². The van der Waals surface area contributed by atoms with Gasteiger partial charge in [0, 0.05) is 25.7 Å². The number of nitrogens with two attached hydrogens (primary N) is 1. The quantitative estimate of drug-likeness (QED) is 0.898. The molecule has 0 spiro atoms. The summed E-state index contributed by atoms with van der Waals surface area (Å²) in [5, 5.41) is 0. The molecule has 112 valence electrons. The maximum atomic E-state index is 12.6. The average molecular weight is 297 g/mol. The summed E-state index contributed by atoms with van der Waals surface area (Å²) in [5.41, 5.74) is 8.78. The lowest BCUT2D eigenvalue weighted by molar-refractivity contribution is 0.443. The molecule has 0 saturated carbocycles. The van der Waals surface area contributed by atoms with Crippen LogP contribution in [0.2, 0.25) is 0 Å². The molecular formula is C14H23N3O2S. The van der Waals surface area contributed by atoms with Crippen LogP contribution in [0.1, 0.15) is 37.9 Å². The first-order chi connectivity index (χ1) is 9.41. The highest BCUT2D eigenvalue weighted by molar-refractivity contribution is 7.90. The van der Waals surface area contributed by atoms with E-state index in [1.807, 2.05) is 39.0 Å². The van der Waals surface area contributed by atoms with Crippen LogP contribution in [0.15, 0.2) is 18.2 Å². The van der Waals surface area contributed by atoms with Crippen molar-refractivity contribution in [3.63, 3.8) is 0 Å². The molecule has 6 heteroatoms. The monoisotopic (exact) mass is 297 g/mol. The topological polar surface area (TPSA) is 66.6 Å². The van der Waals surface area contributed by atoms with Gasteiger partial charge < -0.3 is 5.73 Å². The molecule has 2 rings (SSSR count). The zero-order valence-electron chi connectivity index (χ0n) is 12.3. The van der Waals surface area contributed by atoms with Gasteiger partial charge in [-0.25, -0.2) is 0 Å². The lowest BCUT2D eigenvalue weighted by atomic mass is 10.0. The molecule has 0 fully saturated rings. The van der Waals surface area contributed by atoms with E-state index in [0.29, 0.717) is 19.6 Å². The summed E-state index contributed by atoms with van der Waals surface area (Å²) < 4.78 is 28.2. The smallest absolute Gasteiger partial charge is 0.304 e. The van der Waals surface area contributed by atoms with Crippen LogP contribution >= 0.6 is 0 Å². The highest BCUT2D eigenvalue weighted by Crippen LogP contribution is 2.33. The number of hydrogen-bond donors (Lipinski definition) is 1. The molecule has 1 heterocycles. The molecule has 1 aromatic rings. The first kappa shape index (κ1) is 15.3. The Labute approximate surface area is 121 Å². The first-order valence-corrected chi connectivity index (χ1v) is 8.47. The number of fused-ring (bicyclic) bond motifs is 1. The Morgan fingerprint density at radius 2 is 2.00 bits per heavy atom. The third-order valence-corrected chi connectivity index (χ3v) is 5.90. The summed E-state index contributed by atoms with van der Waals surface area (Å²) in [5.74, 6) is 0. The van der Waals surface area contributed by atoms with Crippen molar-refractivity contribution in [2.75, 3.05) is 23.9 Å². The largest absolute Gasteiger partial charge is 0.324 e. The third-order valence-electron chi connectivity index (χ3n) is 3.79. The van der Waals surface area contributed by atoms with E-state index >= 15 is 0 Å². The molecule has 1 atom stereocenters. The van der Waals surface area contributed by atoms with Crippen molar-refractivity contribution in [2.24, 2.45) is 5.73 Å². The van der Waals surface area contributed by atoms with Gasteiger partial charge in [-0.15, -0.1) is 0 Å². The Morgan fingerprint density at radius 1 is 1.35 bits per heavy atom. The fraction of sp³-hybridized carbons (Fsp3) is 0.571. The van der Waals surface area contributed by atoms with Crippen molar-refractivity contribution in [3.8, 4) is 0 Å². The summed E-state index contributed by atoms with van der Waals surface area (Å²) in [6, 6.07) is 5.79. The number of anilines is 1. The highest BCUT2D eigenvalue weighted by Gasteiger charge is 2.33. The highest BCUT2D eigenvalue weighted by atomic mass is 32.2. The van der Waals surface area contributed by atoms with Crippen LogP contribution in [0.5, 0.6) is 0 Å². The van der Waals surface area contributed by atoms with Gasteiger partial charge >= 0.3 is 10.2 Å². The summed E-state index contributed by atoms with van der Waals surface area (Å²) >= 11 is 0. The van der Waals surface area contributed by atoms with E-state index in [0.717, 1.165) is 23.2 Å². The maximum absolute atomic E-state index is 12.6. The van der Waals surface area contributed by atoms with E-state index in [1.165, 1.54) is 8.61 Å². The standard InChI is InChI=1S/C14H23N3O2S/c1-4-16(5-2)20(18,19)17-9-8-13-10-12(11(3)15)6-7-14(13)17/h6-7,10-11H,4-5,8-9,15H2,1-3H3. The molecule has 0 aliphatic carbocycles. The fourth-order valence-electron chi connectivity index (χ4n) is 2.60. The second kappa shape index (κ2) is 5.71. The van der Waals surface area contributed by atoms with Crippen LogP contribution < -0.4 is 10.0 Å². The Kier molecular flexibility index (Phi) is 4.36. The Hall–Kier alpha value is -1.11. The molecular weight excluding hydrogens is 274 g/mol. The van der Waals surface area contributed by atoms with Crippen LogP contribution in [-0.4, -0.2) is 32.4 Å². The molecule has 0 aromatic heterocycles. The van der Waals surface area contributed by atoms with Gasteiger partial charge in [0.15, 0.2) is 0 Å².